The Bertz CT molecular complexity index is 413. The van der Waals surface area contributed by atoms with Gasteiger partial charge in [0.05, 0.1) is 16.2 Å². The highest BCUT2D eigenvalue weighted by Gasteiger charge is 2.29. The van der Waals surface area contributed by atoms with Gasteiger partial charge >= 0.3 is 5.97 Å². The second-order valence-electron chi connectivity index (χ2n) is 4.76. The molecule has 5 heteroatoms. The zero-order valence-corrected chi connectivity index (χ0v) is 10.9. The zero-order chi connectivity index (χ0) is 13.0. The zero-order valence-electron chi connectivity index (χ0n) is 10.1. The number of nitrogens with zero attached hydrogens (tertiary/aromatic N) is 1. The first kappa shape index (κ1) is 13.4. The minimum Gasteiger partial charge on any atom is -0.478 e. The number of aromatic carboxylic acids is 1. The normalized spacial score (nSPS) is 18.5. The lowest BCUT2D eigenvalue weighted by Crippen LogP contribution is -2.34. The molecule has 0 saturated heterocycles. The predicted molar refractivity (Wildman–Crippen MR) is 70.0 cm³/mol. The van der Waals surface area contributed by atoms with Gasteiger partial charge in [-0.2, -0.15) is 0 Å². The Morgan fingerprint density at radius 2 is 2.06 bits per heavy atom. The number of pyridine rings is 1. The van der Waals surface area contributed by atoms with Crippen LogP contribution in [0.3, 0.4) is 0 Å². The van der Waals surface area contributed by atoms with Gasteiger partial charge in [-0.1, -0.05) is 19.3 Å². The summed E-state index contributed by atoms with van der Waals surface area (Å²) in [5.41, 5.74) is -0.383. The molecule has 1 fully saturated rings. The summed E-state index contributed by atoms with van der Waals surface area (Å²) in [6.45, 7) is 0. The summed E-state index contributed by atoms with van der Waals surface area (Å²) in [6, 6.07) is 3.24. The fourth-order valence-electron chi connectivity index (χ4n) is 2.15. The van der Waals surface area contributed by atoms with Crippen molar-refractivity contribution < 1.29 is 15.0 Å². The van der Waals surface area contributed by atoms with Crippen molar-refractivity contribution in [2.75, 3.05) is 5.75 Å². The van der Waals surface area contributed by atoms with Crippen LogP contribution in [0.4, 0.5) is 0 Å². The molecule has 0 unspecified atom stereocenters. The van der Waals surface area contributed by atoms with Gasteiger partial charge in [-0.25, -0.2) is 9.78 Å². The second-order valence-corrected chi connectivity index (χ2v) is 5.76. The molecule has 18 heavy (non-hydrogen) atoms. The van der Waals surface area contributed by atoms with Gasteiger partial charge < -0.3 is 10.2 Å². The van der Waals surface area contributed by atoms with E-state index in [1.807, 2.05) is 0 Å². The average Bonchev–Trinajstić information content (AvgIpc) is 2.38. The number of carboxylic acids is 1. The summed E-state index contributed by atoms with van der Waals surface area (Å²) in [7, 11) is 0. The maximum Gasteiger partial charge on any atom is 0.337 e. The van der Waals surface area contributed by atoms with Crippen molar-refractivity contribution in [3.8, 4) is 0 Å². The molecule has 4 nitrogen and oxygen atoms in total. The van der Waals surface area contributed by atoms with Crippen molar-refractivity contribution in [3.05, 3.63) is 23.9 Å². The molecule has 1 aliphatic carbocycles. The average molecular weight is 267 g/mol. The Morgan fingerprint density at radius 3 is 2.61 bits per heavy atom. The van der Waals surface area contributed by atoms with Crippen molar-refractivity contribution in [2.24, 2.45) is 0 Å². The van der Waals surface area contributed by atoms with Gasteiger partial charge in [0.2, 0.25) is 0 Å². The van der Waals surface area contributed by atoms with Crippen LogP contribution in [-0.4, -0.2) is 32.5 Å². The van der Waals surface area contributed by atoms with Gasteiger partial charge in [0.25, 0.3) is 0 Å². The Morgan fingerprint density at radius 1 is 1.33 bits per heavy atom. The molecule has 0 radical (unpaired) electrons. The predicted octanol–water partition coefficient (Wildman–Crippen LogP) is 2.57. The SMILES string of the molecule is O=C(O)c1ccc(SCC2(O)CCCCC2)nc1. The largest absolute Gasteiger partial charge is 0.478 e. The van der Waals surface area contributed by atoms with Crippen molar-refractivity contribution in [3.63, 3.8) is 0 Å². The molecule has 2 N–H and O–H groups in total. The third-order valence-corrected chi connectivity index (χ3v) is 4.48. The summed E-state index contributed by atoms with van der Waals surface area (Å²) >= 11 is 1.49. The van der Waals surface area contributed by atoms with E-state index >= 15 is 0 Å². The number of aliphatic hydroxyl groups is 1. The van der Waals surface area contributed by atoms with Gasteiger partial charge in [-0.05, 0) is 25.0 Å². The quantitative estimate of drug-likeness (QED) is 0.820. The third kappa shape index (κ3) is 3.46. The van der Waals surface area contributed by atoms with Crippen LogP contribution in [0.25, 0.3) is 0 Å². The van der Waals surface area contributed by atoms with Crippen LogP contribution >= 0.6 is 11.8 Å². The van der Waals surface area contributed by atoms with E-state index in [1.54, 1.807) is 12.1 Å². The maximum atomic E-state index is 10.7. The van der Waals surface area contributed by atoms with Crippen LogP contribution in [0.5, 0.6) is 0 Å². The number of carboxylic acid groups (broad SMARTS) is 1. The number of aromatic nitrogens is 1. The lowest BCUT2D eigenvalue weighted by molar-refractivity contribution is 0.0272. The highest BCUT2D eigenvalue weighted by atomic mass is 32.2. The van der Waals surface area contributed by atoms with E-state index in [4.69, 9.17) is 5.11 Å². The van der Waals surface area contributed by atoms with Crippen molar-refractivity contribution in [1.29, 1.82) is 0 Å². The lowest BCUT2D eigenvalue weighted by Gasteiger charge is -2.31. The molecule has 1 aromatic heterocycles. The maximum absolute atomic E-state index is 10.7. The molecular formula is C13H17NO3S. The molecule has 1 aliphatic rings. The molecule has 0 aromatic carbocycles. The molecule has 0 aliphatic heterocycles. The first-order valence-electron chi connectivity index (χ1n) is 6.14. The van der Waals surface area contributed by atoms with E-state index in [0.29, 0.717) is 5.75 Å². The summed E-state index contributed by atoms with van der Waals surface area (Å²) < 4.78 is 0. The van der Waals surface area contributed by atoms with E-state index in [-0.39, 0.29) is 5.56 Å². The number of rotatable bonds is 4. The molecule has 0 bridgehead atoms. The van der Waals surface area contributed by atoms with Crippen LogP contribution in [-0.2, 0) is 0 Å². The number of hydrogen-bond donors (Lipinski definition) is 2. The van der Waals surface area contributed by atoms with Crippen LogP contribution in [0.15, 0.2) is 23.4 Å². The number of carbonyl (C=O) groups is 1. The van der Waals surface area contributed by atoms with Crippen LogP contribution in [0, 0.1) is 0 Å². The Hall–Kier alpha value is -1.07. The summed E-state index contributed by atoms with van der Waals surface area (Å²) in [6.07, 6.45) is 6.44. The molecule has 1 aromatic rings. The van der Waals surface area contributed by atoms with Crippen LogP contribution in [0.2, 0.25) is 0 Å². The van der Waals surface area contributed by atoms with Crippen molar-refractivity contribution >= 4 is 17.7 Å². The number of thioether (sulfide) groups is 1. The van der Waals surface area contributed by atoms with Gasteiger partial charge in [-0.15, -0.1) is 11.8 Å². The minimum atomic E-state index is -0.968. The number of hydrogen-bond acceptors (Lipinski definition) is 4. The summed E-state index contributed by atoms with van der Waals surface area (Å²) in [5, 5.41) is 19.9. The van der Waals surface area contributed by atoms with Crippen molar-refractivity contribution in [1.82, 2.24) is 4.98 Å². The Kier molecular flexibility index (Phi) is 4.24. The van der Waals surface area contributed by atoms with Gasteiger partial charge in [0, 0.05) is 11.9 Å². The third-order valence-electron chi connectivity index (χ3n) is 3.26. The molecule has 1 saturated carbocycles. The van der Waals surface area contributed by atoms with Gasteiger partial charge in [0.1, 0.15) is 0 Å². The van der Waals surface area contributed by atoms with E-state index in [1.165, 1.54) is 24.4 Å². The smallest absolute Gasteiger partial charge is 0.337 e. The van der Waals surface area contributed by atoms with Crippen LogP contribution in [0.1, 0.15) is 42.5 Å². The van der Waals surface area contributed by atoms with Crippen molar-refractivity contribution in [2.45, 2.75) is 42.7 Å². The molecule has 0 amide bonds. The van der Waals surface area contributed by atoms with Crippen LogP contribution < -0.4 is 0 Å². The van der Waals surface area contributed by atoms with Gasteiger partial charge in [-0.3, -0.25) is 0 Å². The van der Waals surface area contributed by atoms with E-state index in [2.05, 4.69) is 4.98 Å². The first-order chi connectivity index (χ1) is 8.59. The fourth-order valence-corrected chi connectivity index (χ4v) is 3.15. The fraction of sp³-hybridized carbons (Fsp3) is 0.538. The van der Waals surface area contributed by atoms with E-state index in [0.717, 1.165) is 30.7 Å². The molecule has 1 heterocycles. The topological polar surface area (TPSA) is 70.4 Å². The Labute approximate surface area is 110 Å². The first-order valence-corrected chi connectivity index (χ1v) is 7.12. The highest BCUT2D eigenvalue weighted by molar-refractivity contribution is 7.99. The summed E-state index contributed by atoms with van der Waals surface area (Å²) in [5.74, 6) is -0.336. The van der Waals surface area contributed by atoms with E-state index < -0.39 is 11.6 Å². The Balaban J connectivity index is 1.91. The molecule has 98 valence electrons. The highest BCUT2D eigenvalue weighted by Crippen LogP contribution is 2.32. The molecule has 0 spiro atoms. The monoisotopic (exact) mass is 267 g/mol. The standard InChI is InChI=1S/C13H17NO3S/c15-12(16)10-4-5-11(14-8-10)18-9-13(17)6-2-1-3-7-13/h4-5,8,17H,1-3,6-7,9H2,(H,15,16). The van der Waals surface area contributed by atoms with Gasteiger partial charge in [0.15, 0.2) is 0 Å². The minimum absolute atomic E-state index is 0.190. The molecular weight excluding hydrogens is 250 g/mol. The molecule has 0 atom stereocenters. The lowest BCUT2D eigenvalue weighted by atomic mass is 9.86. The van der Waals surface area contributed by atoms with E-state index in [9.17, 15) is 9.90 Å². The molecule has 2 rings (SSSR count). The summed E-state index contributed by atoms with van der Waals surface area (Å²) in [4.78, 5) is 14.8. The second kappa shape index (κ2) is 5.71.